The number of rotatable bonds is 8. The maximum atomic E-state index is 13.3. The molecule has 0 spiro atoms. The van der Waals surface area contributed by atoms with Crippen LogP contribution in [0.1, 0.15) is 22.3 Å². The number of hydrogen-bond acceptors (Lipinski definition) is 5. The number of anilines is 1. The normalized spacial score (nSPS) is 17.2. The topological polar surface area (TPSA) is 76.1 Å². The van der Waals surface area contributed by atoms with Crippen LogP contribution in [0.2, 0.25) is 0 Å². The van der Waals surface area contributed by atoms with E-state index in [0.717, 1.165) is 4.47 Å². The largest absolute Gasteiger partial charge is 0.493 e. The first-order valence-corrected chi connectivity index (χ1v) is 10.9. The average molecular weight is 496 g/mol. The summed E-state index contributed by atoms with van der Waals surface area (Å²) in [6.45, 7) is 0.400. The van der Waals surface area contributed by atoms with E-state index in [-0.39, 0.29) is 25.4 Å². The van der Waals surface area contributed by atoms with Crippen molar-refractivity contribution < 1.29 is 24.2 Å². The fourth-order valence-corrected chi connectivity index (χ4v) is 4.28. The van der Waals surface area contributed by atoms with Crippen molar-refractivity contribution in [3.05, 3.63) is 88.4 Å². The van der Waals surface area contributed by atoms with Gasteiger partial charge in [-0.25, -0.2) is 0 Å². The first kappa shape index (κ1) is 22.0. The van der Waals surface area contributed by atoms with E-state index >= 15 is 0 Å². The zero-order valence-corrected chi connectivity index (χ0v) is 19.0. The second-order valence-corrected chi connectivity index (χ2v) is 8.36. The second kappa shape index (κ2) is 9.14. The van der Waals surface area contributed by atoms with Gasteiger partial charge in [-0.15, -0.1) is 0 Å². The highest BCUT2D eigenvalue weighted by Gasteiger charge is 2.50. The number of ketones is 1. The molecular formula is C25H22BrNO5. The van der Waals surface area contributed by atoms with E-state index in [1.165, 1.54) is 4.90 Å². The van der Waals surface area contributed by atoms with Gasteiger partial charge in [-0.3, -0.25) is 9.59 Å². The van der Waals surface area contributed by atoms with E-state index in [9.17, 15) is 14.7 Å². The smallest absolute Gasteiger partial charge is 0.264 e. The molecule has 0 aliphatic carbocycles. The third kappa shape index (κ3) is 4.13. The summed E-state index contributed by atoms with van der Waals surface area (Å²) >= 11 is 3.35. The molecule has 1 atom stereocenters. The van der Waals surface area contributed by atoms with Crippen LogP contribution in [0.4, 0.5) is 5.69 Å². The van der Waals surface area contributed by atoms with Gasteiger partial charge in [0.25, 0.3) is 5.91 Å². The number of para-hydroxylation sites is 3. The number of Topliss-reactive ketones (excluding diaryl/α,β-unsaturated/α-hetero) is 1. The molecule has 1 amide bonds. The van der Waals surface area contributed by atoms with Crippen molar-refractivity contribution in [1.29, 1.82) is 0 Å². The highest BCUT2D eigenvalue weighted by atomic mass is 79.9. The summed E-state index contributed by atoms with van der Waals surface area (Å²) in [7, 11) is 1.56. The highest BCUT2D eigenvalue weighted by molar-refractivity contribution is 9.10. The Bertz CT molecular complexity index is 1160. The molecule has 1 heterocycles. The van der Waals surface area contributed by atoms with Crippen LogP contribution >= 0.6 is 15.9 Å². The number of carbonyl (C=O) groups is 2. The molecule has 1 aliphatic heterocycles. The van der Waals surface area contributed by atoms with Crippen LogP contribution in [-0.2, 0) is 10.4 Å². The molecule has 0 saturated carbocycles. The lowest BCUT2D eigenvalue weighted by Crippen LogP contribution is -2.43. The Morgan fingerprint density at radius 2 is 1.75 bits per heavy atom. The number of ether oxygens (including phenoxy) is 2. The summed E-state index contributed by atoms with van der Waals surface area (Å²) in [5, 5.41) is 11.4. The number of nitrogens with zero attached hydrogens (tertiary/aromatic N) is 1. The Labute approximate surface area is 194 Å². The zero-order chi connectivity index (χ0) is 22.7. The molecule has 0 bridgehead atoms. The van der Waals surface area contributed by atoms with Gasteiger partial charge in [0.05, 0.1) is 25.8 Å². The molecule has 3 aromatic carbocycles. The third-order valence-electron chi connectivity index (χ3n) is 5.44. The molecule has 3 aromatic rings. The van der Waals surface area contributed by atoms with Crippen molar-refractivity contribution in [2.75, 3.05) is 25.2 Å². The Kier molecular flexibility index (Phi) is 6.30. The predicted octanol–water partition coefficient (Wildman–Crippen LogP) is 4.34. The minimum Gasteiger partial charge on any atom is -0.493 e. The Hall–Kier alpha value is -3.16. The molecule has 0 saturated heterocycles. The molecule has 0 radical (unpaired) electrons. The Balaban J connectivity index is 1.54. The molecule has 0 unspecified atom stereocenters. The molecule has 0 aromatic heterocycles. The Morgan fingerprint density at radius 1 is 1.03 bits per heavy atom. The molecule has 1 N–H and O–H groups in total. The SMILES string of the molecule is COc1ccccc1OCCN1C(=O)[C@@](O)(CC(=O)c2cccc(Br)c2)c2ccccc21. The van der Waals surface area contributed by atoms with E-state index in [4.69, 9.17) is 9.47 Å². The van der Waals surface area contributed by atoms with Crippen LogP contribution in [-0.4, -0.2) is 37.1 Å². The highest BCUT2D eigenvalue weighted by Crippen LogP contribution is 2.42. The molecule has 164 valence electrons. The third-order valence-corrected chi connectivity index (χ3v) is 5.94. The summed E-state index contributed by atoms with van der Waals surface area (Å²) in [6, 6.07) is 21.1. The van der Waals surface area contributed by atoms with Crippen molar-refractivity contribution in [3.63, 3.8) is 0 Å². The lowest BCUT2D eigenvalue weighted by atomic mass is 9.88. The van der Waals surface area contributed by atoms with Gasteiger partial charge in [-0.05, 0) is 30.3 Å². The first-order valence-electron chi connectivity index (χ1n) is 10.1. The molecule has 6 nitrogen and oxygen atoms in total. The van der Waals surface area contributed by atoms with E-state index in [1.54, 1.807) is 61.7 Å². The van der Waals surface area contributed by atoms with Gasteiger partial charge in [0.2, 0.25) is 0 Å². The van der Waals surface area contributed by atoms with Crippen molar-refractivity contribution in [3.8, 4) is 11.5 Å². The van der Waals surface area contributed by atoms with Crippen LogP contribution in [0.15, 0.2) is 77.3 Å². The van der Waals surface area contributed by atoms with Crippen molar-refractivity contribution in [2.45, 2.75) is 12.0 Å². The molecule has 1 aliphatic rings. The Morgan fingerprint density at radius 3 is 2.50 bits per heavy atom. The second-order valence-electron chi connectivity index (χ2n) is 7.44. The fourth-order valence-electron chi connectivity index (χ4n) is 3.88. The van der Waals surface area contributed by atoms with E-state index in [0.29, 0.717) is 28.3 Å². The van der Waals surface area contributed by atoms with Gasteiger partial charge in [0.1, 0.15) is 6.61 Å². The molecule has 32 heavy (non-hydrogen) atoms. The van der Waals surface area contributed by atoms with E-state index < -0.39 is 11.5 Å². The van der Waals surface area contributed by atoms with Gasteiger partial charge in [0, 0.05) is 15.6 Å². The number of fused-ring (bicyclic) bond motifs is 1. The maximum Gasteiger partial charge on any atom is 0.264 e. The molecule has 0 fully saturated rings. The van der Waals surface area contributed by atoms with Gasteiger partial charge >= 0.3 is 0 Å². The standard InChI is InChI=1S/C25H22BrNO5/c1-31-22-11-4-5-12-23(22)32-14-13-27-20-10-3-2-9-19(20)25(30,24(27)29)16-21(28)17-7-6-8-18(26)15-17/h2-12,15,30H,13-14,16H2,1H3/t25-/m1/s1. The minimum absolute atomic E-state index is 0.191. The van der Waals surface area contributed by atoms with Gasteiger partial charge < -0.3 is 19.5 Å². The van der Waals surface area contributed by atoms with Crippen molar-refractivity contribution >= 4 is 33.3 Å². The summed E-state index contributed by atoms with van der Waals surface area (Å²) in [6.07, 6.45) is -0.344. The summed E-state index contributed by atoms with van der Waals surface area (Å²) in [5.74, 6) is 0.307. The number of aliphatic hydroxyl groups is 1. The average Bonchev–Trinajstić information content (AvgIpc) is 3.01. The van der Waals surface area contributed by atoms with Crippen molar-refractivity contribution in [2.24, 2.45) is 0 Å². The van der Waals surface area contributed by atoms with Crippen LogP contribution in [0.5, 0.6) is 11.5 Å². The number of amides is 1. The lowest BCUT2D eigenvalue weighted by Gasteiger charge is -2.23. The fraction of sp³-hybridized carbons (Fsp3) is 0.200. The number of carbonyl (C=O) groups excluding carboxylic acids is 2. The predicted molar refractivity (Wildman–Crippen MR) is 124 cm³/mol. The van der Waals surface area contributed by atoms with Crippen molar-refractivity contribution in [1.82, 2.24) is 0 Å². The van der Waals surface area contributed by atoms with Gasteiger partial charge in [-0.1, -0.05) is 58.4 Å². The molecule has 7 heteroatoms. The van der Waals surface area contributed by atoms with Crippen LogP contribution in [0.25, 0.3) is 0 Å². The quantitative estimate of drug-likeness (QED) is 0.470. The summed E-state index contributed by atoms with van der Waals surface area (Å²) in [5.41, 5.74) is -0.507. The summed E-state index contributed by atoms with van der Waals surface area (Å²) < 4.78 is 11.9. The number of halogens is 1. The van der Waals surface area contributed by atoms with E-state index in [1.807, 2.05) is 18.2 Å². The minimum atomic E-state index is -1.93. The monoisotopic (exact) mass is 495 g/mol. The number of benzene rings is 3. The lowest BCUT2D eigenvalue weighted by molar-refractivity contribution is -0.135. The number of hydrogen-bond donors (Lipinski definition) is 1. The molecule has 4 rings (SSSR count). The maximum absolute atomic E-state index is 13.3. The molecular weight excluding hydrogens is 474 g/mol. The van der Waals surface area contributed by atoms with Gasteiger partial charge in [0.15, 0.2) is 22.9 Å². The van der Waals surface area contributed by atoms with Crippen LogP contribution in [0.3, 0.4) is 0 Å². The summed E-state index contributed by atoms with van der Waals surface area (Å²) in [4.78, 5) is 27.7. The first-order chi connectivity index (χ1) is 15.4. The zero-order valence-electron chi connectivity index (χ0n) is 17.5. The van der Waals surface area contributed by atoms with E-state index in [2.05, 4.69) is 15.9 Å². The van der Waals surface area contributed by atoms with Crippen LogP contribution < -0.4 is 14.4 Å². The number of methoxy groups -OCH3 is 1. The van der Waals surface area contributed by atoms with Crippen LogP contribution in [0, 0.1) is 0 Å². The van der Waals surface area contributed by atoms with Gasteiger partial charge in [-0.2, -0.15) is 0 Å².